The summed E-state index contributed by atoms with van der Waals surface area (Å²) in [6, 6.07) is 4.46. The van der Waals surface area contributed by atoms with Crippen LogP contribution in [0.15, 0.2) is 12.1 Å². The molecule has 0 radical (unpaired) electrons. The van der Waals surface area contributed by atoms with Gasteiger partial charge in [-0.05, 0) is 26.7 Å². The fourth-order valence-electron chi connectivity index (χ4n) is 6.57. The fraction of sp³-hybridized carbons (Fsp3) is 0.881. The molecule has 50 heavy (non-hydrogen) atoms. The molecule has 2 heterocycles. The van der Waals surface area contributed by atoms with Crippen molar-refractivity contribution >= 4 is 0 Å². The molecule has 0 saturated carbocycles. The van der Waals surface area contributed by atoms with Crippen LogP contribution in [0.5, 0.6) is 5.75 Å². The second-order valence-electron chi connectivity index (χ2n) is 14.8. The molecular weight excluding hydrogens is 622 g/mol. The van der Waals surface area contributed by atoms with Gasteiger partial charge in [-0.15, -0.1) is 0 Å². The SMILES string of the molecule is CCCCCCCCCCCCOCC(COCCCCCCCCCCCC)Oc1cc2nc(c1)C(C)NCCNCCNCCNC2C. The maximum atomic E-state index is 6.69. The molecule has 1 aromatic rings. The first-order valence-corrected chi connectivity index (χ1v) is 21.4. The Morgan fingerprint density at radius 1 is 0.540 bits per heavy atom. The minimum atomic E-state index is -0.154. The van der Waals surface area contributed by atoms with Gasteiger partial charge in [0.25, 0.3) is 0 Å². The van der Waals surface area contributed by atoms with E-state index in [9.17, 15) is 0 Å². The third-order valence-corrected chi connectivity index (χ3v) is 9.90. The van der Waals surface area contributed by atoms with Crippen LogP contribution >= 0.6 is 0 Å². The van der Waals surface area contributed by atoms with Crippen molar-refractivity contribution in [2.24, 2.45) is 0 Å². The Labute approximate surface area is 309 Å². The van der Waals surface area contributed by atoms with E-state index in [1.165, 1.54) is 116 Å². The lowest BCUT2D eigenvalue weighted by Gasteiger charge is -2.23. The zero-order chi connectivity index (χ0) is 35.7. The average Bonchev–Trinajstić information content (AvgIpc) is 3.12. The Morgan fingerprint density at radius 3 is 1.30 bits per heavy atom. The summed E-state index contributed by atoms with van der Waals surface area (Å²) in [4.78, 5) is 5.08. The van der Waals surface area contributed by atoms with Gasteiger partial charge < -0.3 is 35.5 Å². The van der Waals surface area contributed by atoms with E-state index in [0.717, 1.165) is 82.5 Å². The van der Waals surface area contributed by atoms with Crippen LogP contribution < -0.4 is 26.0 Å². The van der Waals surface area contributed by atoms with Gasteiger partial charge in [-0.2, -0.15) is 0 Å². The van der Waals surface area contributed by atoms with Crippen LogP contribution in [-0.2, 0) is 9.47 Å². The van der Waals surface area contributed by atoms with Crippen LogP contribution in [0.2, 0.25) is 0 Å². The molecule has 4 N–H and O–H groups in total. The highest BCUT2D eigenvalue weighted by Gasteiger charge is 2.18. The van der Waals surface area contributed by atoms with Crippen molar-refractivity contribution in [3.8, 4) is 5.75 Å². The van der Waals surface area contributed by atoms with Crippen LogP contribution in [0, 0.1) is 0 Å². The molecule has 2 atom stereocenters. The lowest BCUT2D eigenvalue weighted by atomic mass is 10.1. The normalized spacial score (nSPS) is 17.9. The third-order valence-electron chi connectivity index (χ3n) is 9.90. The molecular formula is C42H81N5O3. The Morgan fingerprint density at radius 2 is 0.900 bits per heavy atom. The number of nitrogens with zero attached hydrogens (tertiary/aromatic N) is 1. The summed E-state index contributed by atoms with van der Waals surface area (Å²) in [5, 5.41) is 14.3. The van der Waals surface area contributed by atoms with E-state index in [0.29, 0.717) is 13.2 Å². The molecule has 0 aromatic carbocycles. The number of unbranched alkanes of at least 4 members (excludes halogenated alkanes) is 18. The van der Waals surface area contributed by atoms with Crippen molar-refractivity contribution in [3.63, 3.8) is 0 Å². The number of fused-ring (bicyclic) bond motifs is 2. The Kier molecular flexibility index (Phi) is 29.0. The first-order chi connectivity index (χ1) is 24.6. The molecule has 0 amide bonds. The second-order valence-corrected chi connectivity index (χ2v) is 14.8. The van der Waals surface area contributed by atoms with Gasteiger partial charge in [0.05, 0.1) is 24.6 Å². The van der Waals surface area contributed by atoms with Gasteiger partial charge in [-0.25, -0.2) is 0 Å². The minimum absolute atomic E-state index is 0.119. The Hall–Kier alpha value is -1.29. The van der Waals surface area contributed by atoms with E-state index in [4.69, 9.17) is 19.2 Å². The number of rotatable bonds is 28. The smallest absolute Gasteiger partial charge is 0.145 e. The highest BCUT2D eigenvalue weighted by Crippen LogP contribution is 2.24. The summed E-state index contributed by atoms with van der Waals surface area (Å²) in [5.74, 6) is 0.850. The minimum Gasteiger partial charge on any atom is -0.485 e. The zero-order valence-electron chi connectivity index (χ0n) is 33.3. The van der Waals surface area contributed by atoms with E-state index in [2.05, 4.69) is 61.1 Å². The maximum Gasteiger partial charge on any atom is 0.145 e. The molecule has 0 saturated heterocycles. The number of hydrogen-bond donors (Lipinski definition) is 4. The summed E-state index contributed by atoms with van der Waals surface area (Å²) in [6.45, 7) is 17.2. The standard InChI is InChI=1S/C42H81N5O3/c1-5-7-9-11-13-15-17-19-21-23-31-48-35-40(36-49-32-24-22-20-18-16-14-12-10-8-6-2)50-39-33-41-37(3)45-29-27-43-25-26-44-28-30-46-38(4)42(34-39)47-41/h33-34,37-38,40,43-46H,5-32,35-36H2,1-4H3. The van der Waals surface area contributed by atoms with Crippen LogP contribution in [0.4, 0.5) is 0 Å². The van der Waals surface area contributed by atoms with Gasteiger partial charge in [0, 0.05) is 76.7 Å². The van der Waals surface area contributed by atoms with Crippen molar-refractivity contribution < 1.29 is 14.2 Å². The Bertz CT molecular complexity index is 827. The molecule has 1 aromatic heterocycles. The topological polar surface area (TPSA) is 88.7 Å². The van der Waals surface area contributed by atoms with Crippen LogP contribution in [0.25, 0.3) is 0 Å². The number of pyridine rings is 1. The van der Waals surface area contributed by atoms with Gasteiger partial charge in [-0.3, -0.25) is 4.98 Å². The number of ether oxygens (including phenoxy) is 3. The molecule has 0 fully saturated rings. The molecule has 1 aliphatic rings. The highest BCUT2D eigenvalue weighted by atomic mass is 16.6. The molecule has 292 valence electrons. The summed E-state index contributed by atoms with van der Waals surface area (Å²) >= 11 is 0. The fourth-order valence-corrected chi connectivity index (χ4v) is 6.57. The van der Waals surface area contributed by atoms with Gasteiger partial charge in [0.15, 0.2) is 0 Å². The number of hydrogen-bond acceptors (Lipinski definition) is 8. The van der Waals surface area contributed by atoms with E-state index < -0.39 is 0 Å². The molecule has 2 rings (SSSR count). The predicted molar refractivity (Wildman–Crippen MR) is 213 cm³/mol. The molecule has 2 unspecified atom stereocenters. The summed E-state index contributed by atoms with van der Waals surface area (Å²) in [5.41, 5.74) is 2.02. The molecule has 2 bridgehead atoms. The van der Waals surface area contributed by atoms with Gasteiger partial charge >= 0.3 is 0 Å². The molecule has 8 nitrogen and oxygen atoms in total. The monoisotopic (exact) mass is 704 g/mol. The molecule has 0 aliphatic carbocycles. The van der Waals surface area contributed by atoms with Crippen molar-refractivity contribution in [3.05, 3.63) is 23.5 Å². The van der Waals surface area contributed by atoms with Crippen molar-refractivity contribution in [2.75, 3.05) is 65.7 Å². The van der Waals surface area contributed by atoms with E-state index in [-0.39, 0.29) is 18.2 Å². The average molecular weight is 704 g/mol. The summed E-state index contributed by atoms with van der Waals surface area (Å²) in [7, 11) is 0. The third kappa shape index (κ3) is 24.0. The van der Waals surface area contributed by atoms with Crippen LogP contribution in [0.3, 0.4) is 0 Å². The van der Waals surface area contributed by atoms with Crippen molar-refractivity contribution in [1.82, 2.24) is 26.3 Å². The highest BCUT2D eigenvalue weighted by molar-refractivity contribution is 5.30. The summed E-state index contributed by atoms with van der Waals surface area (Å²) in [6.07, 6.45) is 26.5. The first kappa shape index (κ1) is 44.9. The second kappa shape index (κ2) is 32.4. The Balaban J connectivity index is 1.89. The van der Waals surface area contributed by atoms with Gasteiger partial charge in [0.2, 0.25) is 0 Å². The largest absolute Gasteiger partial charge is 0.485 e. The summed E-state index contributed by atoms with van der Waals surface area (Å²) < 4.78 is 19.1. The zero-order valence-corrected chi connectivity index (χ0v) is 33.3. The number of aromatic nitrogens is 1. The quantitative estimate of drug-likeness (QED) is 0.0643. The molecule has 1 aliphatic heterocycles. The van der Waals surface area contributed by atoms with E-state index in [1.807, 2.05) is 0 Å². The van der Waals surface area contributed by atoms with E-state index in [1.54, 1.807) is 0 Å². The van der Waals surface area contributed by atoms with Crippen molar-refractivity contribution in [2.45, 2.75) is 174 Å². The lowest BCUT2D eigenvalue weighted by molar-refractivity contribution is -0.00793. The molecule has 0 spiro atoms. The van der Waals surface area contributed by atoms with E-state index >= 15 is 0 Å². The van der Waals surface area contributed by atoms with Crippen LogP contribution in [-0.4, -0.2) is 76.8 Å². The predicted octanol–water partition coefficient (Wildman–Crippen LogP) is 9.20. The number of nitrogens with one attached hydrogen (secondary N) is 4. The van der Waals surface area contributed by atoms with Crippen molar-refractivity contribution in [1.29, 1.82) is 0 Å². The maximum absolute atomic E-state index is 6.69. The first-order valence-electron chi connectivity index (χ1n) is 21.4. The van der Waals surface area contributed by atoms with Gasteiger partial charge in [-0.1, -0.05) is 129 Å². The van der Waals surface area contributed by atoms with Gasteiger partial charge in [0.1, 0.15) is 11.9 Å². The molecule has 8 heteroatoms. The van der Waals surface area contributed by atoms with Crippen LogP contribution in [0.1, 0.15) is 180 Å². The lowest BCUT2D eigenvalue weighted by Crippen LogP contribution is -2.35.